The zero-order chi connectivity index (χ0) is 10.2. The highest BCUT2D eigenvalue weighted by Gasteiger charge is 2.41. The van der Waals surface area contributed by atoms with E-state index in [0.29, 0.717) is 0 Å². The van der Waals surface area contributed by atoms with Gasteiger partial charge < -0.3 is 10.2 Å². The molecule has 3 heteroatoms. The van der Waals surface area contributed by atoms with Crippen molar-refractivity contribution >= 4 is 5.97 Å². The summed E-state index contributed by atoms with van der Waals surface area (Å²) in [4.78, 5) is 10.6. The van der Waals surface area contributed by atoms with Crippen molar-refractivity contribution in [3.8, 4) is 0 Å². The third kappa shape index (κ3) is 1.75. The lowest BCUT2D eigenvalue weighted by Gasteiger charge is -2.29. The molecule has 2 N–H and O–H groups in total. The van der Waals surface area contributed by atoms with E-state index in [1.807, 2.05) is 20.8 Å². The Balaban J connectivity index is 2.82. The second-order valence-corrected chi connectivity index (χ2v) is 4.27. The van der Waals surface area contributed by atoms with Gasteiger partial charge in [0.1, 0.15) is 0 Å². The van der Waals surface area contributed by atoms with Crippen LogP contribution in [-0.2, 0) is 4.79 Å². The maximum Gasteiger partial charge on any atom is 0.303 e. The average molecular weight is 184 g/mol. The molecule has 2 unspecified atom stereocenters. The third-order valence-corrected chi connectivity index (χ3v) is 3.17. The van der Waals surface area contributed by atoms with E-state index in [2.05, 4.69) is 0 Å². The van der Waals surface area contributed by atoms with Crippen LogP contribution < -0.4 is 0 Å². The number of rotatable bonds is 2. The molecule has 0 amide bonds. The Morgan fingerprint density at radius 3 is 2.46 bits per heavy atom. The van der Waals surface area contributed by atoms with Gasteiger partial charge in [-0.25, -0.2) is 0 Å². The number of aliphatic carboxylic acids is 1. The minimum atomic E-state index is -0.847. The summed E-state index contributed by atoms with van der Waals surface area (Å²) < 4.78 is 0. The molecule has 0 aromatic rings. The zero-order valence-electron chi connectivity index (χ0n) is 8.24. The van der Waals surface area contributed by atoms with Crippen molar-refractivity contribution in [3.63, 3.8) is 0 Å². The molecule has 0 bridgehead atoms. The van der Waals surface area contributed by atoms with Gasteiger partial charge in [-0.3, -0.25) is 4.79 Å². The Morgan fingerprint density at radius 1 is 1.62 bits per heavy atom. The summed E-state index contributed by atoms with van der Waals surface area (Å²) in [5, 5.41) is 18.3. The number of carbonyl (C=O) groups is 1. The molecular formula is C10H16O3. The topological polar surface area (TPSA) is 57.5 Å². The van der Waals surface area contributed by atoms with Crippen LogP contribution in [0.4, 0.5) is 0 Å². The van der Waals surface area contributed by atoms with Crippen molar-refractivity contribution in [2.45, 2.75) is 33.3 Å². The van der Waals surface area contributed by atoms with Crippen molar-refractivity contribution < 1.29 is 15.0 Å². The average Bonchev–Trinajstić information content (AvgIpc) is 2.13. The van der Waals surface area contributed by atoms with Crippen LogP contribution in [0.1, 0.15) is 27.2 Å². The van der Waals surface area contributed by atoms with Gasteiger partial charge in [0.05, 0.1) is 12.5 Å². The van der Waals surface area contributed by atoms with E-state index in [0.717, 1.165) is 5.57 Å². The minimum absolute atomic E-state index is 0.0298. The maximum absolute atomic E-state index is 10.6. The monoisotopic (exact) mass is 184 g/mol. The van der Waals surface area contributed by atoms with Crippen LogP contribution in [0.25, 0.3) is 0 Å². The number of carboxylic acid groups (broad SMARTS) is 1. The van der Waals surface area contributed by atoms with Gasteiger partial charge in [0.15, 0.2) is 0 Å². The van der Waals surface area contributed by atoms with Crippen molar-refractivity contribution in [3.05, 3.63) is 11.6 Å². The predicted octanol–water partition coefficient (Wildman–Crippen LogP) is 1.42. The van der Waals surface area contributed by atoms with E-state index < -0.39 is 12.1 Å². The van der Waals surface area contributed by atoms with Crippen LogP contribution in [0, 0.1) is 11.3 Å². The SMILES string of the molecule is CC1=CC(O)C(CC(=O)O)C1(C)C. The molecule has 0 fully saturated rings. The van der Waals surface area contributed by atoms with Crippen LogP contribution in [-0.4, -0.2) is 22.3 Å². The summed E-state index contributed by atoms with van der Waals surface area (Å²) >= 11 is 0. The first kappa shape index (κ1) is 10.3. The second kappa shape index (κ2) is 3.14. The fraction of sp³-hybridized carbons (Fsp3) is 0.700. The van der Waals surface area contributed by atoms with E-state index in [4.69, 9.17) is 5.11 Å². The van der Waals surface area contributed by atoms with E-state index in [-0.39, 0.29) is 17.8 Å². The predicted molar refractivity (Wildman–Crippen MR) is 49.3 cm³/mol. The first-order valence-corrected chi connectivity index (χ1v) is 4.44. The lowest BCUT2D eigenvalue weighted by molar-refractivity contribution is -0.139. The summed E-state index contributed by atoms with van der Waals surface area (Å²) in [6.45, 7) is 5.89. The summed E-state index contributed by atoms with van der Waals surface area (Å²) in [6.07, 6.45) is 1.18. The molecule has 0 saturated carbocycles. The molecular weight excluding hydrogens is 168 g/mol. The van der Waals surface area contributed by atoms with Crippen molar-refractivity contribution in [2.24, 2.45) is 11.3 Å². The van der Waals surface area contributed by atoms with Crippen LogP contribution in [0.3, 0.4) is 0 Å². The van der Waals surface area contributed by atoms with E-state index in [1.165, 1.54) is 0 Å². The van der Waals surface area contributed by atoms with E-state index in [9.17, 15) is 9.90 Å². The largest absolute Gasteiger partial charge is 0.481 e. The van der Waals surface area contributed by atoms with E-state index >= 15 is 0 Å². The fourth-order valence-corrected chi connectivity index (χ4v) is 1.87. The zero-order valence-corrected chi connectivity index (χ0v) is 8.24. The van der Waals surface area contributed by atoms with Gasteiger partial charge in [-0.1, -0.05) is 25.5 Å². The van der Waals surface area contributed by atoms with Crippen LogP contribution in [0.2, 0.25) is 0 Å². The Bertz CT molecular complexity index is 253. The molecule has 0 aromatic heterocycles. The third-order valence-electron chi connectivity index (χ3n) is 3.17. The molecule has 1 aliphatic carbocycles. The Labute approximate surface area is 78.1 Å². The van der Waals surface area contributed by atoms with Crippen LogP contribution >= 0.6 is 0 Å². The van der Waals surface area contributed by atoms with Gasteiger partial charge >= 0.3 is 5.97 Å². The Kier molecular flexibility index (Phi) is 2.48. The molecule has 74 valence electrons. The van der Waals surface area contributed by atoms with Gasteiger partial charge in [0.2, 0.25) is 0 Å². The number of aliphatic hydroxyl groups excluding tert-OH is 1. The summed E-state index contributed by atoms with van der Waals surface area (Å²) in [7, 11) is 0. The highest BCUT2D eigenvalue weighted by atomic mass is 16.4. The van der Waals surface area contributed by atoms with Gasteiger partial charge in [0, 0.05) is 5.92 Å². The highest BCUT2D eigenvalue weighted by Crippen LogP contribution is 2.44. The highest BCUT2D eigenvalue weighted by molar-refractivity contribution is 5.67. The fourth-order valence-electron chi connectivity index (χ4n) is 1.87. The molecule has 0 radical (unpaired) electrons. The second-order valence-electron chi connectivity index (χ2n) is 4.27. The smallest absolute Gasteiger partial charge is 0.303 e. The van der Waals surface area contributed by atoms with Gasteiger partial charge in [0.25, 0.3) is 0 Å². The molecule has 0 aliphatic heterocycles. The molecule has 2 atom stereocenters. The first-order valence-electron chi connectivity index (χ1n) is 4.44. The molecule has 13 heavy (non-hydrogen) atoms. The van der Waals surface area contributed by atoms with Gasteiger partial charge in [-0.15, -0.1) is 0 Å². The quantitative estimate of drug-likeness (QED) is 0.638. The molecule has 1 aliphatic rings. The van der Waals surface area contributed by atoms with Gasteiger partial charge in [-0.05, 0) is 12.3 Å². The minimum Gasteiger partial charge on any atom is -0.481 e. The number of aliphatic hydroxyl groups is 1. The molecule has 0 spiro atoms. The lowest BCUT2D eigenvalue weighted by Crippen LogP contribution is -2.29. The van der Waals surface area contributed by atoms with Gasteiger partial charge in [-0.2, -0.15) is 0 Å². The Morgan fingerprint density at radius 2 is 2.15 bits per heavy atom. The number of hydrogen-bond acceptors (Lipinski definition) is 2. The summed E-state index contributed by atoms with van der Waals surface area (Å²) in [5.74, 6) is -1.04. The standard InChI is InChI=1S/C10H16O3/c1-6-4-8(11)7(5-9(12)13)10(6,2)3/h4,7-8,11H,5H2,1-3H3,(H,12,13). The molecule has 1 rings (SSSR count). The van der Waals surface area contributed by atoms with E-state index in [1.54, 1.807) is 6.08 Å². The first-order chi connectivity index (χ1) is 5.85. The molecule has 0 saturated heterocycles. The van der Waals surface area contributed by atoms with Crippen molar-refractivity contribution in [1.29, 1.82) is 0 Å². The summed E-state index contributed by atoms with van der Waals surface area (Å²) in [6, 6.07) is 0. The Hall–Kier alpha value is -0.830. The molecule has 0 heterocycles. The normalized spacial score (nSPS) is 31.5. The number of hydrogen-bond donors (Lipinski definition) is 2. The number of allylic oxidation sites excluding steroid dienone is 1. The lowest BCUT2D eigenvalue weighted by atomic mass is 9.75. The van der Waals surface area contributed by atoms with Crippen molar-refractivity contribution in [1.82, 2.24) is 0 Å². The van der Waals surface area contributed by atoms with Crippen LogP contribution in [0.15, 0.2) is 11.6 Å². The van der Waals surface area contributed by atoms with Crippen LogP contribution in [0.5, 0.6) is 0 Å². The number of carboxylic acids is 1. The molecule has 3 nitrogen and oxygen atoms in total. The van der Waals surface area contributed by atoms with Crippen molar-refractivity contribution in [2.75, 3.05) is 0 Å². The summed E-state index contributed by atoms with van der Waals surface area (Å²) in [5.41, 5.74) is 0.879. The molecule has 0 aromatic carbocycles. The maximum atomic E-state index is 10.6.